The lowest BCUT2D eigenvalue weighted by atomic mass is 9.64. The summed E-state index contributed by atoms with van der Waals surface area (Å²) in [6.07, 6.45) is 10.0. The summed E-state index contributed by atoms with van der Waals surface area (Å²) in [6, 6.07) is 10.2. The molecule has 3 atom stereocenters. The molecule has 0 spiro atoms. The zero-order valence-corrected chi connectivity index (χ0v) is 21.7. The third-order valence-electron chi connectivity index (χ3n) is 8.82. The first-order valence-corrected chi connectivity index (χ1v) is 13.4. The molecule has 3 aliphatic rings. The van der Waals surface area contributed by atoms with Gasteiger partial charge in [0, 0.05) is 35.3 Å². The van der Waals surface area contributed by atoms with Crippen molar-refractivity contribution < 1.29 is 23.0 Å². The molecule has 2 saturated carbocycles. The lowest BCUT2D eigenvalue weighted by Gasteiger charge is -2.47. The van der Waals surface area contributed by atoms with Crippen molar-refractivity contribution in [2.45, 2.75) is 81.3 Å². The molecule has 0 bridgehead atoms. The maximum absolute atomic E-state index is 13.6. The van der Waals surface area contributed by atoms with Crippen LogP contribution in [0.4, 0.5) is 19.3 Å². The van der Waals surface area contributed by atoms with Crippen LogP contribution in [0, 0.1) is 11.6 Å². The number of hydrogen-bond acceptors (Lipinski definition) is 4. The Hall–Kier alpha value is -2.87. The summed E-state index contributed by atoms with van der Waals surface area (Å²) in [5.41, 5.74) is 1.50. The highest BCUT2D eigenvalue weighted by molar-refractivity contribution is 5.89. The number of anilines is 1. The molecule has 8 heteroatoms. The van der Waals surface area contributed by atoms with Crippen molar-refractivity contribution in [3.8, 4) is 11.5 Å². The summed E-state index contributed by atoms with van der Waals surface area (Å²) in [5.74, 6) is -0.445. The summed E-state index contributed by atoms with van der Waals surface area (Å²) in [6.45, 7) is 1.05. The first kappa shape index (κ1) is 25.8. The van der Waals surface area contributed by atoms with Gasteiger partial charge in [-0.05, 0) is 74.9 Å². The fraction of sp³-hybridized carbons (Fsp3) is 0.552. The molecule has 6 nitrogen and oxygen atoms in total. The van der Waals surface area contributed by atoms with Gasteiger partial charge in [0.25, 0.3) is 0 Å². The number of amides is 2. The number of ether oxygens (including phenoxy) is 2. The van der Waals surface area contributed by atoms with Crippen molar-refractivity contribution in [3.63, 3.8) is 0 Å². The Bertz CT molecular complexity index is 1120. The smallest absolute Gasteiger partial charge is 0.319 e. The maximum Gasteiger partial charge on any atom is 0.319 e. The van der Waals surface area contributed by atoms with Crippen LogP contribution in [0.1, 0.15) is 63.4 Å². The highest BCUT2D eigenvalue weighted by Gasteiger charge is 2.53. The minimum absolute atomic E-state index is 0.00671. The molecule has 2 N–H and O–H groups in total. The summed E-state index contributed by atoms with van der Waals surface area (Å²) in [7, 11) is 3.33. The molecule has 1 saturated heterocycles. The van der Waals surface area contributed by atoms with Crippen LogP contribution in [0.25, 0.3) is 0 Å². The van der Waals surface area contributed by atoms with Crippen LogP contribution in [-0.4, -0.2) is 49.8 Å². The number of methoxy groups -OCH3 is 2. The number of urea groups is 1. The van der Waals surface area contributed by atoms with Crippen molar-refractivity contribution in [1.82, 2.24) is 10.2 Å². The highest BCUT2D eigenvalue weighted by Crippen LogP contribution is 2.51. The third-order valence-corrected chi connectivity index (χ3v) is 8.82. The second kappa shape index (κ2) is 10.9. The van der Waals surface area contributed by atoms with Crippen LogP contribution in [0.3, 0.4) is 0 Å². The van der Waals surface area contributed by atoms with Gasteiger partial charge in [-0.2, -0.15) is 0 Å². The van der Waals surface area contributed by atoms with E-state index in [0.29, 0.717) is 12.1 Å². The van der Waals surface area contributed by atoms with Crippen LogP contribution in [0.5, 0.6) is 11.5 Å². The molecule has 2 aromatic carbocycles. The van der Waals surface area contributed by atoms with Crippen molar-refractivity contribution in [2.24, 2.45) is 0 Å². The third kappa shape index (κ3) is 5.13. The lowest BCUT2D eigenvalue weighted by Crippen LogP contribution is -2.55. The van der Waals surface area contributed by atoms with Crippen molar-refractivity contribution in [2.75, 3.05) is 26.1 Å². The van der Waals surface area contributed by atoms with Gasteiger partial charge in [-0.3, -0.25) is 4.90 Å². The number of hydrogen-bond donors (Lipinski definition) is 2. The molecule has 0 aromatic heterocycles. The summed E-state index contributed by atoms with van der Waals surface area (Å²) >= 11 is 0. The Labute approximate surface area is 217 Å². The number of rotatable bonds is 6. The van der Waals surface area contributed by atoms with Gasteiger partial charge in [-0.15, -0.1) is 0 Å². The Morgan fingerprint density at radius 1 is 0.946 bits per heavy atom. The van der Waals surface area contributed by atoms with E-state index in [1.54, 1.807) is 14.2 Å². The van der Waals surface area contributed by atoms with Gasteiger partial charge in [-0.25, -0.2) is 13.6 Å². The number of carbonyl (C=O) groups is 1. The first-order chi connectivity index (χ1) is 17.9. The van der Waals surface area contributed by atoms with E-state index in [0.717, 1.165) is 55.9 Å². The van der Waals surface area contributed by atoms with Gasteiger partial charge in [0.2, 0.25) is 0 Å². The minimum atomic E-state index is -0.982. The lowest BCUT2D eigenvalue weighted by molar-refractivity contribution is 0.0825. The molecular formula is C29H37F2N3O3. The number of fused-ring (bicyclic) bond motifs is 1. The molecule has 1 aliphatic heterocycles. The van der Waals surface area contributed by atoms with E-state index < -0.39 is 17.7 Å². The van der Waals surface area contributed by atoms with E-state index in [-0.39, 0.29) is 17.1 Å². The highest BCUT2D eigenvalue weighted by atomic mass is 19.2. The summed E-state index contributed by atoms with van der Waals surface area (Å²) in [4.78, 5) is 15.5. The van der Waals surface area contributed by atoms with E-state index in [2.05, 4.69) is 27.7 Å². The maximum atomic E-state index is 13.6. The van der Waals surface area contributed by atoms with Crippen LogP contribution in [0.2, 0.25) is 0 Å². The van der Waals surface area contributed by atoms with Gasteiger partial charge in [-0.1, -0.05) is 25.3 Å². The molecule has 0 radical (unpaired) electrons. The minimum Gasteiger partial charge on any atom is -0.493 e. The largest absolute Gasteiger partial charge is 0.493 e. The second-order valence-electron chi connectivity index (χ2n) is 10.7. The van der Waals surface area contributed by atoms with E-state index in [4.69, 9.17) is 9.47 Å². The van der Waals surface area contributed by atoms with Gasteiger partial charge < -0.3 is 20.1 Å². The number of carbonyl (C=O) groups excluding carboxylic acids is 1. The van der Waals surface area contributed by atoms with Crippen molar-refractivity contribution >= 4 is 11.7 Å². The zero-order chi connectivity index (χ0) is 26.0. The number of benzene rings is 2. The van der Waals surface area contributed by atoms with E-state index >= 15 is 0 Å². The predicted molar refractivity (Wildman–Crippen MR) is 139 cm³/mol. The molecule has 37 heavy (non-hydrogen) atoms. The fourth-order valence-corrected chi connectivity index (χ4v) is 6.97. The molecule has 0 unspecified atom stereocenters. The normalized spacial score (nSPS) is 26.4. The van der Waals surface area contributed by atoms with Crippen molar-refractivity contribution in [3.05, 3.63) is 53.6 Å². The second-order valence-corrected chi connectivity index (χ2v) is 10.7. The van der Waals surface area contributed by atoms with Gasteiger partial charge in [0.1, 0.15) is 0 Å². The van der Waals surface area contributed by atoms with Crippen molar-refractivity contribution in [1.29, 1.82) is 0 Å². The topological polar surface area (TPSA) is 62.8 Å². The Kier molecular flexibility index (Phi) is 7.56. The molecule has 2 aromatic rings. The average Bonchev–Trinajstić information content (AvgIpc) is 3.30. The molecular weight excluding hydrogens is 476 g/mol. The number of likely N-dealkylation sites (tertiary alicyclic amines) is 1. The summed E-state index contributed by atoms with van der Waals surface area (Å²) in [5, 5.41) is 5.77. The Balaban J connectivity index is 1.37. The average molecular weight is 514 g/mol. The number of halogens is 2. The molecule has 3 fully saturated rings. The fourth-order valence-electron chi connectivity index (χ4n) is 6.97. The van der Waals surface area contributed by atoms with Gasteiger partial charge in [0.15, 0.2) is 23.1 Å². The van der Waals surface area contributed by atoms with E-state index in [9.17, 15) is 13.6 Å². The predicted octanol–water partition coefficient (Wildman–Crippen LogP) is 6.00. The number of nitrogens with zero attached hydrogens (tertiary/aromatic N) is 1. The Morgan fingerprint density at radius 2 is 1.73 bits per heavy atom. The van der Waals surface area contributed by atoms with Crippen LogP contribution in [0.15, 0.2) is 36.4 Å². The van der Waals surface area contributed by atoms with Crippen LogP contribution >= 0.6 is 0 Å². The summed E-state index contributed by atoms with van der Waals surface area (Å²) < 4.78 is 38.0. The van der Waals surface area contributed by atoms with Gasteiger partial charge in [0.05, 0.1) is 14.2 Å². The van der Waals surface area contributed by atoms with Gasteiger partial charge >= 0.3 is 6.03 Å². The quantitative estimate of drug-likeness (QED) is 0.497. The molecule has 2 aliphatic carbocycles. The monoisotopic (exact) mass is 513 g/mol. The standard InChI is InChI=1S/C29H37F2N3O3/c1-36-25-11-8-19(16-26(25)37-2)29-13-12-21(33-28(35)32-20-9-10-23(30)24(31)17-20)18-27(29)34(15-14-29)22-6-4-3-5-7-22/h8-11,16-17,21-22,27H,3-7,12-15,18H2,1-2H3,(H2,32,33,35)/t21-,27+,29-/m0/s1. The molecule has 5 rings (SSSR count). The van der Waals surface area contributed by atoms with E-state index in [1.807, 2.05) is 6.07 Å². The van der Waals surface area contributed by atoms with Crippen LogP contribution in [-0.2, 0) is 5.41 Å². The Morgan fingerprint density at radius 3 is 2.46 bits per heavy atom. The number of nitrogens with one attached hydrogen (secondary N) is 2. The molecule has 200 valence electrons. The SMILES string of the molecule is COc1ccc([C@@]23CC[C@H](NC(=O)Nc4ccc(F)c(F)c4)C[C@H]2N(C2CCCCC2)CC3)cc1OC. The van der Waals surface area contributed by atoms with E-state index in [1.165, 1.54) is 43.7 Å². The zero-order valence-electron chi connectivity index (χ0n) is 21.7. The molecule has 2 amide bonds. The first-order valence-electron chi connectivity index (χ1n) is 13.4. The van der Waals surface area contributed by atoms with Crippen LogP contribution < -0.4 is 20.1 Å². The molecule has 1 heterocycles.